The van der Waals surface area contributed by atoms with E-state index in [4.69, 9.17) is 27.9 Å². The molecule has 0 saturated heterocycles. The van der Waals surface area contributed by atoms with E-state index in [9.17, 15) is 9.59 Å². The van der Waals surface area contributed by atoms with Crippen LogP contribution in [-0.4, -0.2) is 32.0 Å². The van der Waals surface area contributed by atoms with Crippen LogP contribution in [0.15, 0.2) is 42.5 Å². The van der Waals surface area contributed by atoms with Crippen LogP contribution in [-0.2, 0) is 11.2 Å². The fourth-order valence-corrected chi connectivity index (χ4v) is 2.41. The number of hydrogen-bond donors (Lipinski definition) is 2. The highest BCUT2D eigenvalue weighted by atomic mass is 35.5. The molecule has 5 nitrogen and oxygen atoms in total. The lowest BCUT2D eigenvalue weighted by molar-refractivity contribution is -0.120. The van der Waals surface area contributed by atoms with E-state index < -0.39 is 0 Å². The Labute approximate surface area is 156 Å². The average Bonchev–Trinajstić information content (AvgIpc) is 2.61. The van der Waals surface area contributed by atoms with E-state index in [1.54, 1.807) is 31.4 Å². The Morgan fingerprint density at radius 3 is 2.28 bits per heavy atom. The first kappa shape index (κ1) is 19.1. The van der Waals surface area contributed by atoms with Crippen molar-refractivity contribution < 1.29 is 14.3 Å². The van der Waals surface area contributed by atoms with Gasteiger partial charge in [0.1, 0.15) is 5.75 Å². The molecule has 25 heavy (non-hydrogen) atoms. The average molecular weight is 381 g/mol. The van der Waals surface area contributed by atoms with Crippen LogP contribution in [0.3, 0.4) is 0 Å². The van der Waals surface area contributed by atoms with Gasteiger partial charge in [0, 0.05) is 18.7 Å². The molecule has 0 saturated carbocycles. The summed E-state index contributed by atoms with van der Waals surface area (Å²) in [6, 6.07) is 11.9. The third kappa shape index (κ3) is 5.96. The summed E-state index contributed by atoms with van der Waals surface area (Å²) in [4.78, 5) is 23.8. The van der Waals surface area contributed by atoms with Crippen molar-refractivity contribution in [1.29, 1.82) is 0 Å². The maximum Gasteiger partial charge on any atom is 0.251 e. The normalized spacial score (nSPS) is 10.2. The largest absolute Gasteiger partial charge is 0.497 e. The maximum atomic E-state index is 12.0. The number of halogens is 2. The molecule has 0 aliphatic heterocycles. The van der Waals surface area contributed by atoms with E-state index in [0.29, 0.717) is 28.7 Å². The second-order valence-corrected chi connectivity index (χ2v) is 6.07. The highest BCUT2D eigenvalue weighted by Gasteiger charge is 2.08. The molecule has 2 aromatic carbocycles. The first-order valence-corrected chi connectivity index (χ1v) is 8.38. The molecule has 2 aromatic rings. The van der Waals surface area contributed by atoms with Gasteiger partial charge >= 0.3 is 0 Å². The molecular weight excluding hydrogens is 363 g/mol. The maximum absolute atomic E-state index is 12.0. The molecule has 0 unspecified atom stereocenters. The molecule has 0 bridgehead atoms. The Kier molecular flexibility index (Phi) is 7.10. The van der Waals surface area contributed by atoms with Crippen LogP contribution in [0.5, 0.6) is 5.75 Å². The molecule has 132 valence electrons. The molecule has 2 N–H and O–H groups in total. The molecule has 0 atom stereocenters. The van der Waals surface area contributed by atoms with Gasteiger partial charge in [0.05, 0.1) is 23.6 Å². The monoisotopic (exact) mass is 380 g/mol. The molecule has 0 radical (unpaired) electrons. The van der Waals surface area contributed by atoms with Crippen molar-refractivity contribution >= 4 is 35.0 Å². The summed E-state index contributed by atoms with van der Waals surface area (Å²) < 4.78 is 5.07. The summed E-state index contributed by atoms with van der Waals surface area (Å²) in [6.07, 6.45) is 0.269. The van der Waals surface area contributed by atoms with E-state index in [-0.39, 0.29) is 18.2 Å². The van der Waals surface area contributed by atoms with Crippen LogP contribution in [0.1, 0.15) is 15.9 Å². The second kappa shape index (κ2) is 9.30. The van der Waals surface area contributed by atoms with Gasteiger partial charge in [-0.1, -0.05) is 35.3 Å². The quantitative estimate of drug-likeness (QED) is 0.725. The molecule has 2 rings (SSSR count). The number of nitrogens with one attached hydrogen (secondary N) is 2. The highest BCUT2D eigenvalue weighted by molar-refractivity contribution is 6.42. The van der Waals surface area contributed by atoms with Gasteiger partial charge in [0.2, 0.25) is 5.91 Å². The van der Waals surface area contributed by atoms with Crippen molar-refractivity contribution in [3.8, 4) is 5.75 Å². The smallest absolute Gasteiger partial charge is 0.251 e. The molecule has 0 spiro atoms. The van der Waals surface area contributed by atoms with Crippen molar-refractivity contribution in [2.45, 2.75) is 6.42 Å². The van der Waals surface area contributed by atoms with E-state index in [2.05, 4.69) is 10.6 Å². The van der Waals surface area contributed by atoms with E-state index in [1.807, 2.05) is 12.1 Å². The summed E-state index contributed by atoms with van der Waals surface area (Å²) in [5, 5.41) is 6.18. The van der Waals surface area contributed by atoms with Gasteiger partial charge in [-0.2, -0.15) is 0 Å². The molecule has 0 heterocycles. The van der Waals surface area contributed by atoms with Crippen molar-refractivity contribution in [2.24, 2.45) is 0 Å². The fraction of sp³-hybridized carbons (Fsp3) is 0.222. The van der Waals surface area contributed by atoms with E-state index in [0.717, 1.165) is 11.3 Å². The van der Waals surface area contributed by atoms with Crippen LogP contribution in [0.4, 0.5) is 0 Å². The van der Waals surface area contributed by atoms with E-state index in [1.165, 1.54) is 6.07 Å². The van der Waals surface area contributed by atoms with Gasteiger partial charge < -0.3 is 15.4 Å². The van der Waals surface area contributed by atoms with Gasteiger partial charge in [-0.3, -0.25) is 9.59 Å². The summed E-state index contributed by atoms with van der Waals surface area (Å²) in [5.74, 6) is 0.353. The third-order valence-electron chi connectivity index (χ3n) is 3.44. The van der Waals surface area contributed by atoms with E-state index >= 15 is 0 Å². The predicted molar refractivity (Wildman–Crippen MR) is 98.5 cm³/mol. The first-order chi connectivity index (χ1) is 12.0. The number of methoxy groups -OCH3 is 1. The standard InChI is InChI=1S/C18H18Cl2N2O3/c1-25-14-5-2-12(3-6-14)10-17(23)21-8-9-22-18(24)13-4-7-15(19)16(20)11-13/h2-7,11H,8-10H2,1H3,(H,21,23)(H,22,24). The van der Waals surface area contributed by atoms with Gasteiger partial charge in [-0.25, -0.2) is 0 Å². The molecule has 7 heteroatoms. The SMILES string of the molecule is COc1ccc(CC(=O)NCCNC(=O)c2ccc(Cl)c(Cl)c2)cc1. The Balaban J connectivity index is 1.71. The van der Waals surface area contributed by atoms with Crippen LogP contribution < -0.4 is 15.4 Å². The Hall–Kier alpha value is -2.24. The van der Waals surface area contributed by atoms with Gasteiger partial charge in [-0.05, 0) is 35.9 Å². The molecule has 0 fully saturated rings. The zero-order valence-electron chi connectivity index (χ0n) is 13.6. The number of rotatable bonds is 7. The predicted octanol–water partition coefficient (Wildman–Crippen LogP) is 3.09. The lowest BCUT2D eigenvalue weighted by atomic mass is 10.1. The van der Waals surface area contributed by atoms with Crippen molar-refractivity contribution in [2.75, 3.05) is 20.2 Å². The van der Waals surface area contributed by atoms with Gasteiger partial charge in [0.25, 0.3) is 5.91 Å². The molecule has 2 amide bonds. The zero-order chi connectivity index (χ0) is 18.2. The Bertz CT molecular complexity index is 748. The summed E-state index contributed by atoms with van der Waals surface area (Å²) in [6.45, 7) is 0.648. The molecule has 0 aliphatic carbocycles. The lowest BCUT2D eigenvalue weighted by Gasteiger charge is -2.08. The number of carbonyl (C=O) groups excluding carboxylic acids is 2. The topological polar surface area (TPSA) is 67.4 Å². The number of amides is 2. The number of hydrogen-bond acceptors (Lipinski definition) is 3. The molecular formula is C18H18Cl2N2O3. The Morgan fingerprint density at radius 2 is 1.64 bits per heavy atom. The van der Waals surface area contributed by atoms with Crippen LogP contribution in [0, 0.1) is 0 Å². The molecule has 0 aromatic heterocycles. The Morgan fingerprint density at radius 1 is 0.960 bits per heavy atom. The number of ether oxygens (including phenoxy) is 1. The summed E-state index contributed by atoms with van der Waals surface area (Å²) >= 11 is 11.7. The van der Waals surface area contributed by atoms with Gasteiger partial charge in [-0.15, -0.1) is 0 Å². The van der Waals surface area contributed by atoms with Crippen LogP contribution in [0.2, 0.25) is 10.0 Å². The summed E-state index contributed by atoms with van der Waals surface area (Å²) in [7, 11) is 1.59. The summed E-state index contributed by atoms with van der Waals surface area (Å²) in [5.41, 5.74) is 1.30. The lowest BCUT2D eigenvalue weighted by Crippen LogP contribution is -2.35. The first-order valence-electron chi connectivity index (χ1n) is 7.62. The minimum Gasteiger partial charge on any atom is -0.497 e. The third-order valence-corrected chi connectivity index (χ3v) is 4.18. The minimum atomic E-state index is -0.275. The number of carbonyl (C=O) groups is 2. The second-order valence-electron chi connectivity index (χ2n) is 5.26. The van der Waals surface area contributed by atoms with Crippen LogP contribution in [0.25, 0.3) is 0 Å². The van der Waals surface area contributed by atoms with Crippen LogP contribution >= 0.6 is 23.2 Å². The minimum absolute atomic E-state index is 0.117. The zero-order valence-corrected chi connectivity index (χ0v) is 15.2. The highest BCUT2D eigenvalue weighted by Crippen LogP contribution is 2.22. The van der Waals surface area contributed by atoms with Crippen molar-refractivity contribution in [3.05, 3.63) is 63.6 Å². The van der Waals surface area contributed by atoms with Gasteiger partial charge in [0.15, 0.2) is 0 Å². The van der Waals surface area contributed by atoms with Crippen molar-refractivity contribution in [3.63, 3.8) is 0 Å². The molecule has 0 aliphatic rings. The van der Waals surface area contributed by atoms with Crippen molar-refractivity contribution in [1.82, 2.24) is 10.6 Å². The fourth-order valence-electron chi connectivity index (χ4n) is 2.11. The number of benzene rings is 2.